The standard InChI is InChI=1S/C15H21NO2S2/c1-2-19-12-5-7-15(12,18)9-16-14(17)13-11(6-8-20-13)10-3-4-10/h6,8,10,12,18H,2-5,7,9H2,1H3,(H,16,17)/t12-,15+/m1/s1. The summed E-state index contributed by atoms with van der Waals surface area (Å²) in [5, 5.41) is 15.7. The summed E-state index contributed by atoms with van der Waals surface area (Å²) in [5.74, 6) is 1.59. The van der Waals surface area contributed by atoms with Crippen molar-refractivity contribution >= 4 is 29.0 Å². The lowest BCUT2D eigenvalue weighted by Crippen LogP contribution is -2.57. The van der Waals surface area contributed by atoms with Gasteiger partial charge in [-0.2, -0.15) is 11.8 Å². The highest BCUT2D eigenvalue weighted by atomic mass is 32.2. The van der Waals surface area contributed by atoms with Crippen LogP contribution in [0.25, 0.3) is 0 Å². The number of carbonyl (C=O) groups is 1. The minimum atomic E-state index is -0.701. The van der Waals surface area contributed by atoms with Gasteiger partial charge >= 0.3 is 0 Å². The molecule has 3 rings (SSSR count). The summed E-state index contributed by atoms with van der Waals surface area (Å²) in [6, 6.07) is 2.07. The summed E-state index contributed by atoms with van der Waals surface area (Å²) in [4.78, 5) is 13.1. The van der Waals surface area contributed by atoms with Crippen molar-refractivity contribution in [3.63, 3.8) is 0 Å². The largest absolute Gasteiger partial charge is 0.387 e. The zero-order chi connectivity index (χ0) is 14.2. The van der Waals surface area contributed by atoms with Crippen LogP contribution < -0.4 is 5.32 Å². The quantitative estimate of drug-likeness (QED) is 0.849. The Morgan fingerprint density at radius 2 is 2.35 bits per heavy atom. The van der Waals surface area contributed by atoms with Crippen molar-refractivity contribution in [3.05, 3.63) is 21.9 Å². The topological polar surface area (TPSA) is 49.3 Å². The highest BCUT2D eigenvalue weighted by Gasteiger charge is 2.45. The lowest BCUT2D eigenvalue weighted by molar-refractivity contribution is -0.0221. The van der Waals surface area contributed by atoms with E-state index in [1.807, 2.05) is 5.38 Å². The predicted octanol–water partition coefficient (Wildman–Crippen LogP) is 3.00. The second kappa shape index (κ2) is 5.70. The molecule has 1 aromatic rings. The smallest absolute Gasteiger partial charge is 0.261 e. The summed E-state index contributed by atoms with van der Waals surface area (Å²) in [5.41, 5.74) is 0.500. The van der Waals surface area contributed by atoms with Crippen LogP contribution in [0.3, 0.4) is 0 Å². The molecule has 0 aromatic carbocycles. The Bertz CT molecular complexity index is 498. The number of thiophene rings is 1. The van der Waals surface area contributed by atoms with E-state index in [0.29, 0.717) is 12.5 Å². The lowest BCUT2D eigenvalue weighted by Gasteiger charge is -2.45. The molecule has 1 aromatic heterocycles. The molecule has 5 heteroatoms. The molecule has 2 atom stereocenters. The van der Waals surface area contributed by atoms with Gasteiger partial charge in [-0.05, 0) is 54.4 Å². The van der Waals surface area contributed by atoms with E-state index in [-0.39, 0.29) is 11.2 Å². The van der Waals surface area contributed by atoms with Gasteiger partial charge in [-0.25, -0.2) is 0 Å². The Labute approximate surface area is 128 Å². The Hall–Kier alpha value is -0.520. The fraction of sp³-hybridized carbons (Fsp3) is 0.667. The number of thioether (sulfide) groups is 1. The zero-order valence-electron chi connectivity index (χ0n) is 11.7. The SMILES string of the molecule is CCS[C@@H]1CC[C@]1(O)CNC(=O)c1sccc1C1CC1. The second-order valence-electron chi connectivity index (χ2n) is 5.75. The number of amides is 1. The van der Waals surface area contributed by atoms with Crippen LogP contribution in [0.5, 0.6) is 0 Å². The minimum absolute atomic E-state index is 0.0116. The van der Waals surface area contributed by atoms with Gasteiger partial charge in [-0.1, -0.05) is 6.92 Å². The Kier molecular flexibility index (Phi) is 4.11. The highest BCUT2D eigenvalue weighted by molar-refractivity contribution is 8.00. The van der Waals surface area contributed by atoms with E-state index in [1.54, 1.807) is 11.8 Å². The average molecular weight is 311 g/mol. The van der Waals surface area contributed by atoms with Crippen molar-refractivity contribution in [2.24, 2.45) is 0 Å². The van der Waals surface area contributed by atoms with Crippen LogP contribution in [0.2, 0.25) is 0 Å². The van der Waals surface area contributed by atoms with E-state index in [1.165, 1.54) is 29.7 Å². The molecule has 110 valence electrons. The maximum absolute atomic E-state index is 12.3. The van der Waals surface area contributed by atoms with Gasteiger partial charge in [0.2, 0.25) is 0 Å². The van der Waals surface area contributed by atoms with Crippen molar-refractivity contribution in [1.29, 1.82) is 0 Å². The minimum Gasteiger partial charge on any atom is -0.387 e. The zero-order valence-corrected chi connectivity index (χ0v) is 13.4. The van der Waals surface area contributed by atoms with Gasteiger partial charge in [0.25, 0.3) is 5.91 Å². The van der Waals surface area contributed by atoms with Crippen molar-refractivity contribution in [3.8, 4) is 0 Å². The third-order valence-corrected chi connectivity index (χ3v) is 6.62. The number of rotatable bonds is 6. The number of hydrogen-bond acceptors (Lipinski definition) is 4. The van der Waals surface area contributed by atoms with Gasteiger partial charge in [0.05, 0.1) is 10.5 Å². The molecule has 0 saturated heterocycles. The first-order valence-corrected chi connectivity index (χ1v) is 9.26. The first-order valence-electron chi connectivity index (χ1n) is 7.33. The van der Waals surface area contributed by atoms with Crippen LogP contribution in [0, 0.1) is 0 Å². The van der Waals surface area contributed by atoms with Gasteiger partial charge in [-0.15, -0.1) is 11.3 Å². The van der Waals surface area contributed by atoms with E-state index in [0.717, 1.165) is 23.5 Å². The van der Waals surface area contributed by atoms with Gasteiger partial charge in [0.1, 0.15) is 0 Å². The fourth-order valence-corrected chi connectivity index (χ4v) is 4.87. The van der Waals surface area contributed by atoms with Gasteiger partial charge < -0.3 is 10.4 Å². The van der Waals surface area contributed by atoms with Gasteiger partial charge in [0.15, 0.2) is 0 Å². The average Bonchev–Trinajstić information content (AvgIpc) is 3.17. The molecule has 0 spiro atoms. The summed E-state index contributed by atoms with van der Waals surface area (Å²) < 4.78 is 0. The van der Waals surface area contributed by atoms with Crippen LogP contribution in [0.1, 0.15) is 53.8 Å². The van der Waals surface area contributed by atoms with Crippen molar-refractivity contribution in [1.82, 2.24) is 5.32 Å². The van der Waals surface area contributed by atoms with Crippen LogP contribution in [0.4, 0.5) is 0 Å². The maximum Gasteiger partial charge on any atom is 0.261 e. The van der Waals surface area contributed by atoms with E-state index >= 15 is 0 Å². The maximum atomic E-state index is 12.3. The van der Waals surface area contributed by atoms with Crippen molar-refractivity contribution < 1.29 is 9.90 Å². The van der Waals surface area contributed by atoms with Crippen LogP contribution in [-0.2, 0) is 0 Å². The van der Waals surface area contributed by atoms with E-state index in [4.69, 9.17) is 0 Å². The second-order valence-corrected chi connectivity index (χ2v) is 8.14. The molecule has 0 unspecified atom stereocenters. The molecule has 3 nitrogen and oxygen atoms in total. The lowest BCUT2D eigenvalue weighted by atomic mass is 9.79. The van der Waals surface area contributed by atoms with Gasteiger partial charge in [-0.3, -0.25) is 4.79 Å². The molecular formula is C15H21NO2S2. The van der Waals surface area contributed by atoms with Crippen LogP contribution in [-0.4, -0.2) is 34.2 Å². The molecule has 2 aliphatic rings. The third-order valence-electron chi connectivity index (χ3n) is 4.28. The first-order chi connectivity index (χ1) is 9.64. The summed E-state index contributed by atoms with van der Waals surface area (Å²) in [7, 11) is 0. The van der Waals surface area contributed by atoms with Gasteiger partial charge in [0, 0.05) is 11.8 Å². The predicted molar refractivity (Wildman–Crippen MR) is 84.7 cm³/mol. The Morgan fingerprint density at radius 3 is 2.95 bits per heavy atom. The fourth-order valence-electron chi connectivity index (χ4n) is 2.77. The number of aliphatic hydroxyl groups is 1. The highest BCUT2D eigenvalue weighted by Crippen LogP contribution is 2.43. The summed E-state index contributed by atoms with van der Waals surface area (Å²) >= 11 is 3.31. The van der Waals surface area contributed by atoms with E-state index in [9.17, 15) is 9.90 Å². The molecule has 0 aliphatic heterocycles. The monoisotopic (exact) mass is 311 g/mol. The molecule has 2 saturated carbocycles. The molecule has 1 heterocycles. The van der Waals surface area contributed by atoms with Crippen LogP contribution >= 0.6 is 23.1 Å². The molecule has 0 radical (unpaired) electrons. The molecule has 0 bridgehead atoms. The van der Waals surface area contributed by atoms with E-state index in [2.05, 4.69) is 18.3 Å². The molecular weight excluding hydrogens is 290 g/mol. The summed E-state index contributed by atoms with van der Waals surface area (Å²) in [6.45, 7) is 2.49. The first kappa shape index (κ1) is 14.4. The number of hydrogen-bond donors (Lipinski definition) is 2. The normalized spacial score (nSPS) is 29.0. The van der Waals surface area contributed by atoms with Crippen molar-refractivity contribution in [2.45, 2.75) is 49.4 Å². The number of carbonyl (C=O) groups excluding carboxylic acids is 1. The van der Waals surface area contributed by atoms with Crippen LogP contribution in [0.15, 0.2) is 11.4 Å². The van der Waals surface area contributed by atoms with E-state index < -0.39 is 5.60 Å². The molecule has 2 aliphatic carbocycles. The molecule has 20 heavy (non-hydrogen) atoms. The Morgan fingerprint density at radius 1 is 1.55 bits per heavy atom. The molecule has 1 amide bonds. The number of nitrogens with one attached hydrogen (secondary N) is 1. The third kappa shape index (κ3) is 2.76. The summed E-state index contributed by atoms with van der Waals surface area (Å²) in [6.07, 6.45) is 4.26. The van der Waals surface area contributed by atoms with Crippen molar-refractivity contribution in [2.75, 3.05) is 12.3 Å². The molecule has 2 fully saturated rings. The Balaban J connectivity index is 1.58. The molecule has 2 N–H and O–H groups in total.